The average Bonchev–Trinajstić information content (AvgIpc) is 2.78. The van der Waals surface area contributed by atoms with Crippen LogP contribution >= 0.6 is 11.8 Å². The van der Waals surface area contributed by atoms with E-state index in [2.05, 4.69) is 0 Å². The van der Waals surface area contributed by atoms with Gasteiger partial charge in [0.25, 0.3) is 0 Å². The lowest BCUT2D eigenvalue weighted by Crippen LogP contribution is -2.08. The van der Waals surface area contributed by atoms with Crippen LogP contribution in [0.5, 0.6) is 0 Å². The van der Waals surface area contributed by atoms with Gasteiger partial charge in [-0.25, -0.2) is 4.39 Å². The summed E-state index contributed by atoms with van der Waals surface area (Å²) in [6, 6.07) is 4.92. The molecule has 1 aliphatic heterocycles. The van der Waals surface area contributed by atoms with Crippen LogP contribution in [0.1, 0.15) is 31.4 Å². The molecule has 1 saturated heterocycles. The molecule has 2 nitrogen and oxygen atoms in total. The summed E-state index contributed by atoms with van der Waals surface area (Å²) in [6.45, 7) is 2.42. The lowest BCUT2D eigenvalue weighted by Gasteiger charge is -2.14. The number of ether oxygens (including phenoxy) is 1. The number of rotatable bonds is 4. The Morgan fingerprint density at radius 1 is 1.59 bits per heavy atom. The summed E-state index contributed by atoms with van der Waals surface area (Å²) in [5.41, 5.74) is 0.399. The number of benzene rings is 1. The highest BCUT2D eigenvalue weighted by Gasteiger charge is 2.18. The Balaban J connectivity index is 2.06. The summed E-state index contributed by atoms with van der Waals surface area (Å²) in [4.78, 5) is 0.815. The Morgan fingerprint density at radius 2 is 2.41 bits per heavy atom. The van der Waals surface area contributed by atoms with Gasteiger partial charge in [-0.15, -0.1) is 11.8 Å². The van der Waals surface area contributed by atoms with Crippen LogP contribution in [0.2, 0.25) is 0 Å². The zero-order valence-corrected chi connectivity index (χ0v) is 10.7. The molecular formula is C13H17FO2S. The number of halogens is 1. The maximum Gasteiger partial charge on any atom is 0.130 e. The fraction of sp³-hybridized carbons (Fsp3) is 0.538. The Hall–Kier alpha value is -0.580. The summed E-state index contributed by atoms with van der Waals surface area (Å²) >= 11 is 1.56. The van der Waals surface area contributed by atoms with E-state index in [0.29, 0.717) is 5.56 Å². The molecule has 0 spiro atoms. The van der Waals surface area contributed by atoms with Gasteiger partial charge in [-0.3, -0.25) is 0 Å². The molecule has 2 rings (SSSR count). The molecule has 1 fully saturated rings. The summed E-state index contributed by atoms with van der Waals surface area (Å²) in [5.74, 6) is 0.487. The maximum atomic E-state index is 13.6. The van der Waals surface area contributed by atoms with Gasteiger partial charge in [-0.05, 0) is 31.9 Å². The largest absolute Gasteiger partial charge is 0.389 e. The van der Waals surface area contributed by atoms with Crippen LogP contribution in [0.3, 0.4) is 0 Å². The van der Waals surface area contributed by atoms with Gasteiger partial charge in [0, 0.05) is 22.8 Å². The first kappa shape index (κ1) is 12.9. The molecule has 2 unspecified atom stereocenters. The highest BCUT2D eigenvalue weighted by Crippen LogP contribution is 2.31. The van der Waals surface area contributed by atoms with Crippen molar-refractivity contribution in [1.29, 1.82) is 0 Å². The average molecular weight is 256 g/mol. The predicted molar refractivity (Wildman–Crippen MR) is 66.7 cm³/mol. The van der Waals surface area contributed by atoms with Crippen molar-refractivity contribution in [1.82, 2.24) is 0 Å². The van der Waals surface area contributed by atoms with E-state index in [1.807, 2.05) is 6.07 Å². The zero-order chi connectivity index (χ0) is 12.3. The maximum absolute atomic E-state index is 13.6. The molecule has 2 atom stereocenters. The highest BCUT2D eigenvalue weighted by atomic mass is 32.2. The van der Waals surface area contributed by atoms with E-state index in [4.69, 9.17) is 4.74 Å². The second-order valence-electron chi connectivity index (χ2n) is 4.27. The third-order valence-electron chi connectivity index (χ3n) is 2.88. The van der Waals surface area contributed by atoms with Crippen molar-refractivity contribution >= 4 is 11.8 Å². The fourth-order valence-corrected chi connectivity index (χ4v) is 3.23. The van der Waals surface area contributed by atoms with Crippen molar-refractivity contribution < 1.29 is 14.2 Å². The minimum Gasteiger partial charge on any atom is -0.389 e. The molecule has 0 saturated carbocycles. The molecule has 0 aromatic heterocycles. The van der Waals surface area contributed by atoms with Crippen LogP contribution in [0.15, 0.2) is 23.1 Å². The first-order valence-electron chi connectivity index (χ1n) is 5.89. The molecule has 94 valence electrons. The van der Waals surface area contributed by atoms with E-state index in [1.54, 1.807) is 24.8 Å². The van der Waals surface area contributed by atoms with Crippen molar-refractivity contribution in [2.75, 3.05) is 12.4 Å². The van der Waals surface area contributed by atoms with E-state index in [-0.39, 0.29) is 11.9 Å². The van der Waals surface area contributed by atoms with E-state index in [9.17, 15) is 9.50 Å². The molecular weight excluding hydrogens is 239 g/mol. The minimum absolute atomic E-state index is 0.269. The highest BCUT2D eigenvalue weighted by molar-refractivity contribution is 7.99. The molecule has 1 aromatic carbocycles. The lowest BCUT2D eigenvalue weighted by molar-refractivity contribution is 0.129. The van der Waals surface area contributed by atoms with Crippen molar-refractivity contribution in [2.45, 2.75) is 36.9 Å². The fourth-order valence-electron chi connectivity index (χ4n) is 2.01. The van der Waals surface area contributed by atoms with Crippen LogP contribution in [0, 0.1) is 5.82 Å². The monoisotopic (exact) mass is 256 g/mol. The standard InChI is InChI=1S/C13H17FO2S/c1-9(15)13-11(14)5-2-6-12(13)17-8-10-4-3-7-16-10/h2,5-6,9-10,15H,3-4,7-8H2,1H3. The Labute approximate surface area is 105 Å². The van der Waals surface area contributed by atoms with Gasteiger partial charge in [0.2, 0.25) is 0 Å². The van der Waals surface area contributed by atoms with Crippen LogP contribution in [-0.4, -0.2) is 23.6 Å². The van der Waals surface area contributed by atoms with E-state index in [0.717, 1.165) is 30.1 Å². The Morgan fingerprint density at radius 3 is 3.06 bits per heavy atom. The first-order valence-corrected chi connectivity index (χ1v) is 6.88. The quantitative estimate of drug-likeness (QED) is 0.839. The molecule has 0 radical (unpaired) electrons. The topological polar surface area (TPSA) is 29.5 Å². The second kappa shape index (κ2) is 5.85. The minimum atomic E-state index is -0.775. The molecule has 1 aromatic rings. The summed E-state index contributed by atoms with van der Waals surface area (Å²) < 4.78 is 19.1. The number of hydrogen-bond acceptors (Lipinski definition) is 3. The number of thioether (sulfide) groups is 1. The third kappa shape index (κ3) is 3.21. The van der Waals surface area contributed by atoms with E-state index in [1.165, 1.54) is 6.07 Å². The van der Waals surface area contributed by atoms with Gasteiger partial charge in [0.05, 0.1) is 12.2 Å². The molecule has 0 bridgehead atoms. The molecule has 1 heterocycles. The third-order valence-corrected chi connectivity index (χ3v) is 4.08. The van der Waals surface area contributed by atoms with Gasteiger partial charge in [0.15, 0.2) is 0 Å². The van der Waals surface area contributed by atoms with Gasteiger partial charge in [0.1, 0.15) is 5.82 Å². The van der Waals surface area contributed by atoms with Gasteiger partial charge in [-0.1, -0.05) is 6.07 Å². The Kier molecular flexibility index (Phi) is 4.42. The van der Waals surface area contributed by atoms with Crippen molar-refractivity contribution in [3.8, 4) is 0 Å². The van der Waals surface area contributed by atoms with Crippen molar-refractivity contribution in [2.24, 2.45) is 0 Å². The molecule has 0 amide bonds. The Bertz CT molecular complexity index is 376. The van der Waals surface area contributed by atoms with Crippen molar-refractivity contribution in [3.05, 3.63) is 29.6 Å². The SMILES string of the molecule is CC(O)c1c(F)cccc1SCC1CCCO1. The summed E-state index contributed by atoms with van der Waals surface area (Å²) in [6.07, 6.45) is 1.68. The smallest absolute Gasteiger partial charge is 0.130 e. The normalized spacial score (nSPS) is 21.7. The molecule has 0 aliphatic carbocycles. The number of hydrogen-bond donors (Lipinski definition) is 1. The second-order valence-corrected chi connectivity index (χ2v) is 5.34. The molecule has 4 heteroatoms. The predicted octanol–water partition coefficient (Wildman–Crippen LogP) is 3.15. The number of aliphatic hydroxyl groups excluding tert-OH is 1. The zero-order valence-electron chi connectivity index (χ0n) is 9.86. The molecule has 1 N–H and O–H groups in total. The van der Waals surface area contributed by atoms with Gasteiger partial charge >= 0.3 is 0 Å². The lowest BCUT2D eigenvalue weighted by atomic mass is 10.1. The van der Waals surface area contributed by atoms with E-state index < -0.39 is 6.10 Å². The van der Waals surface area contributed by atoms with Crippen LogP contribution in [-0.2, 0) is 4.74 Å². The van der Waals surface area contributed by atoms with Crippen LogP contribution in [0.4, 0.5) is 4.39 Å². The van der Waals surface area contributed by atoms with Crippen LogP contribution < -0.4 is 0 Å². The summed E-state index contributed by atoms with van der Waals surface area (Å²) in [7, 11) is 0. The summed E-state index contributed by atoms with van der Waals surface area (Å²) in [5, 5.41) is 9.59. The van der Waals surface area contributed by atoms with Gasteiger partial charge < -0.3 is 9.84 Å². The van der Waals surface area contributed by atoms with Crippen LogP contribution in [0.25, 0.3) is 0 Å². The first-order chi connectivity index (χ1) is 8.18. The molecule has 17 heavy (non-hydrogen) atoms. The van der Waals surface area contributed by atoms with E-state index >= 15 is 0 Å². The number of aliphatic hydroxyl groups is 1. The van der Waals surface area contributed by atoms with Crippen molar-refractivity contribution in [3.63, 3.8) is 0 Å². The molecule has 1 aliphatic rings. The van der Waals surface area contributed by atoms with Gasteiger partial charge in [-0.2, -0.15) is 0 Å².